The topological polar surface area (TPSA) is 87.9 Å². The van der Waals surface area contributed by atoms with Gasteiger partial charge in [-0.25, -0.2) is 4.99 Å². The summed E-state index contributed by atoms with van der Waals surface area (Å²) in [5, 5.41) is 11.5. The van der Waals surface area contributed by atoms with E-state index in [0.29, 0.717) is 38.7 Å². The Hall–Kier alpha value is -2.16. The lowest BCUT2D eigenvalue weighted by Crippen LogP contribution is -2.46. The van der Waals surface area contributed by atoms with Crippen LogP contribution in [0, 0.1) is 6.92 Å². The Kier molecular flexibility index (Phi) is 9.64. The van der Waals surface area contributed by atoms with Gasteiger partial charge in [-0.05, 0) is 27.2 Å². The van der Waals surface area contributed by atoms with Crippen LogP contribution in [-0.2, 0) is 23.1 Å². The van der Waals surface area contributed by atoms with Crippen LogP contribution in [0.15, 0.2) is 4.99 Å². The van der Waals surface area contributed by atoms with Gasteiger partial charge in [0, 0.05) is 47.4 Å². The average molecular weight is 367 g/mol. The minimum absolute atomic E-state index is 0.0818. The summed E-state index contributed by atoms with van der Waals surface area (Å²) in [5.74, 6) is 2.37. The molecule has 0 aliphatic rings. The molecule has 1 N–H and O–H groups in total. The third-order valence-corrected chi connectivity index (χ3v) is 4.21. The molecule has 0 aliphatic carbocycles. The van der Waals surface area contributed by atoms with E-state index in [0.717, 1.165) is 18.1 Å². The van der Waals surface area contributed by atoms with Gasteiger partial charge in [-0.1, -0.05) is 0 Å². The zero-order valence-electron chi connectivity index (χ0n) is 16.9. The number of aliphatic imine (C=N–C) groups is 1. The highest BCUT2D eigenvalue weighted by atomic mass is 16.5. The fourth-order valence-electron chi connectivity index (χ4n) is 2.42. The molecule has 0 aromatic carbocycles. The molecule has 9 heteroatoms. The van der Waals surface area contributed by atoms with Crippen molar-refractivity contribution in [1.29, 1.82) is 0 Å². The quantitative estimate of drug-likeness (QED) is 0.366. The first-order valence-electron chi connectivity index (χ1n) is 9.05. The number of carbonyl (C=O) groups excluding carboxylic acids is 1. The number of aryl methyl sites for hydroxylation is 1. The Balaban J connectivity index is 2.80. The van der Waals surface area contributed by atoms with Gasteiger partial charge >= 0.3 is 0 Å². The van der Waals surface area contributed by atoms with E-state index >= 15 is 0 Å². The molecule has 0 saturated carbocycles. The molecule has 0 unspecified atom stereocenters. The summed E-state index contributed by atoms with van der Waals surface area (Å²) in [6.45, 7) is 9.33. The number of nitrogens with one attached hydrogen (secondary N) is 1. The fourth-order valence-corrected chi connectivity index (χ4v) is 2.42. The van der Waals surface area contributed by atoms with Gasteiger partial charge in [0.2, 0.25) is 5.91 Å². The van der Waals surface area contributed by atoms with Gasteiger partial charge in [-0.2, -0.15) is 0 Å². The number of guanidine groups is 1. The van der Waals surface area contributed by atoms with E-state index in [1.165, 1.54) is 0 Å². The Morgan fingerprint density at radius 2 is 2.00 bits per heavy atom. The molecule has 1 aromatic rings. The number of hydrogen-bond donors (Lipinski definition) is 1. The van der Waals surface area contributed by atoms with Crippen LogP contribution in [-0.4, -0.2) is 83.4 Å². The van der Waals surface area contributed by atoms with Crippen molar-refractivity contribution in [2.45, 2.75) is 33.7 Å². The predicted molar refractivity (Wildman–Crippen MR) is 102 cm³/mol. The number of hydrogen-bond acceptors (Lipinski definition) is 5. The molecule has 1 amide bonds. The second-order valence-corrected chi connectivity index (χ2v) is 6.06. The first-order chi connectivity index (χ1) is 12.4. The van der Waals surface area contributed by atoms with Crippen molar-refractivity contribution >= 4 is 11.9 Å². The van der Waals surface area contributed by atoms with E-state index in [9.17, 15) is 4.79 Å². The Labute approximate surface area is 156 Å². The fraction of sp³-hybridized carbons (Fsp3) is 0.765. The van der Waals surface area contributed by atoms with Crippen LogP contribution in [0.2, 0.25) is 0 Å². The van der Waals surface area contributed by atoms with E-state index in [-0.39, 0.29) is 12.5 Å². The normalized spacial score (nSPS) is 11.5. The van der Waals surface area contributed by atoms with Crippen molar-refractivity contribution < 1.29 is 9.53 Å². The van der Waals surface area contributed by atoms with E-state index in [1.807, 2.05) is 49.2 Å². The molecule has 26 heavy (non-hydrogen) atoms. The van der Waals surface area contributed by atoms with Crippen LogP contribution < -0.4 is 5.32 Å². The number of carbonyl (C=O) groups is 1. The molecule has 1 rings (SSSR count). The summed E-state index contributed by atoms with van der Waals surface area (Å²) < 4.78 is 6.99. The van der Waals surface area contributed by atoms with E-state index < -0.39 is 0 Å². The highest BCUT2D eigenvalue weighted by Crippen LogP contribution is 2.01. The van der Waals surface area contributed by atoms with Gasteiger partial charge in [-0.3, -0.25) is 4.79 Å². The molecular formula is C17H33N7O2. The highest BCUT2D eigenvalue weighted by molar-refractivity contribution is 5.86. The molecule has 0 spiro atoms. The molecule has 148 valence electrons. The minimum Gasteiger partial charge on any atom is -0.385 e. The van der Waals surface area contributed by atoms with Crippen molar-refractivity contribution in [1.82, 2.24) is 29.9 Å². The van der Waals surface area contributed by atoms with Gasteiger partial charge in [0.1, 0.15) is 12.4 Å². The summed E-state index contributed by atoms with van der Waals surface area (Å²) in [4.78, 5) is 20.7. The van der Waals surface area contributed by atoms with Gasteiger partial charge < -0.3 is 24.4 Å². The summed E-state index contributed by atoms with van der Waals surface area (Å²) in [6, 6.07) is 0. The van der Waals surface area contributed by atoms with Gasteiger partial charge in [-0.15, -0.1) is 10.2 Å². The molecular weight excluding hydrogens is 334 g/mol. The zero-order valence-corrected chi connectivity index (χ0v) is 16.9. The van der Waals surface area contributed by atoms with Crippen LogP contribution in [0.25, 0.3) is 0 Å². The van der Waals surface area contributed by atoms with Crippen molar-refractivity contribution in [3.05, 3.63) is 11.6 Å². The first-order valence-corrected chi connectivity index (χ1v) is 9.05. The molecule has 9 nitrogen and oxygen atoms in total. The first kappa shape index (κ1) is 21.9. The summed E-state index contributed by atoms with van der Waals surface area (Å²) in [7, 11) is 5.46. The molecule has 1 heterocycles. The summed E-state index contributed by atoms with van der Waals surface area (Å²) in [6.07, 6.45) is 0.858. The van der Waals surface area contributed by atoms with E-state index in [2.05, 4.69) is 20.5 Å². The second kappa shape index (κ2) is 11.5. The molecule has 0 radical (unpaired) electrons. The average Bonchev–Trinajstić information content (AvgIpc) is 2.94. The molecule has 0 aliphatic heterocycles. The van der Waals surface area contributed by atoms with Crippen molar-refractivity contribution in [2.24, 2.45) is 12.0 Å². The van der Waals surface area contributed by atoms with Crippen LogP contribution >= 0.6 is 0 Å². The number of nitrogens with zero attached hydrogens (tertiary/aromatic N) is 6. The SMILES string of the molecule is CCN(CC)C(=O)CN(C)C(=NCc1nnc(C)n1C)NCCCOC. The van der Waals surface area contributed by atoms with E-state index in [1.54, 1.807) is 7.11 Å². The Morgan fingerprint density at radius 1 is 1.31 bits per heavy atom. The maximum atomic E-state index is 12.4. The van der Waals surface area contributed by atoms with E-state index in [4.69, 9.17) is 4.74 Å². The Bertz CT molecular complexity index is 582. The number of ether oxygens (including phenoxy) is 1. The largest absolute Gasteiger partial charge is 0.385 e. The predicted octanol–water partition coefficient (Wildman–Crippen LogP) is 0.406. The second-order valence-electron chi connectivity index (χ2n) is 6.06. The van der Waals surface area contributed by atoms with Crippen LogP contribution in [0.1, 0.15) is 31.9 Å². The van der Waals surface area contributed by atoms with Crippen LogP contribution in [0.3, 0.4) is 0 Å². The summed E-state index contributed by atoms with van der Waals surface area (Å²) in [5.41, 5.74) is 0. The third kappa shape index (κ3) is 6.62. The maximum absolute atomic E-state index is 12.4. The molecule has 1 aromatic heterocycles. The monoisotopic (exact) mass is 367 g/mol. The van der Waals surface area contributed by atoms with Crippen LogP contribution in [0.5, 0.6) is 0 Å². The number of aromatic nitrogens is 3. The number of rotatable bonds is 10. The molecule has 0 fully saturated rings. The lowest BCUT2D eigenvalue weighted by Gasteiger charge is -2.26. The maximum Gasteiger partial charge on any atom is 0.242 e. The summed E-state index contributed by atoms with van der Waals surface area (Å²) >= 11 is 0. The number of likely N-dealkylation sites (N-methyl/N-ethyl adjacent to an activating group) is 2. The lowest BCUT2D eigenvalue weighted by atomic mass is 10.4. The van der Waals surface area contributed by atoms with Crippen molar-refractivity contribution in [3.63, 3.8) is 0 Å². The molecule has 0 saturated heterocycles. The lowest BCUT2D eigenvalue weighted by molar-refractivity contribution is -0.131. The molecule has 0 bridgehead atoms. The van der Waals surface area contributed by atoms with Crippen LogP contribution in [0.4, 0.5) is 0 Å². The van der Waals surface area contributed by atoms with Gasteiger partial charge in [0.05, 0.1) is 6.54 Å². The van der Waals surface area contributed by atoms with Gasteiger partial charge in [0.15, 0.2) is 11.8 Å². The Morgan fingerprint density at radius 3 is 2.54 bits per heavy atom. The highest BCUT2D eigenvalue weighted by Gasteiger charge is 2.15. The number of amides is 1. The standard InChI is InChI=1S/C17H33N7O2/c1-7-24(8-2)16(25)13-22(4)17(18-10-9-11-26-6)19-12-15-21-20-14(3)23(15)5/h7-13H2,1-6H3,(H,18,19). The smallest absolute Gasteiger partial charge is 0.242 e. The zero-order chi connectivity index (χ0) is 19.5. The third-order valence-electron chi connectivity index (χ3n) is 4.21. The van der Waals surface area contributed by atoms with Crippen molar-refractivity contribution in [2.75, 3.05) is 46.9 Å². The van der Waals surface area contributed by atoms with Gasteiger partial charge in [0.25, 0.3) is 0 Å². The number of methoxy groups -OCH3 is 1. The van der Waals surface area contributed by atoms with Crippen molar-refractivity contribution in [3.8, 4) is 0 Å². The molecule has 0 atom stereocenters. The minimum atomic E-state index is 0.0818.